The van der Waals surface area contributed by atoms with Crippen molar-refractivity contribution in [3.63, 3.8) is 0 Å². The molecule has 86 valence electrons. The summed E-state index contributed by atoms with van der Waals surface area (Å²) >= 11 is 4.83. The Morgan fingerprint density at radius 1 is 1.69 bits per heavy atom. The summed E-state index contributed by atoms with van der Waals surface area (Å²) in [4.78, 5) is 16.2. The summed E-state index contributed by atoms with van der Waals surface area (Å²) in [7, 11) is 0. The number of carbonyl (C=O) groups excluding carboxylic acids is 1. The number of rotatable bonds is 4. The van der Waals surface area contributed by atoms with Crippen molar-refractivity contribution in [2.75, 3.05) is 6.54 Å². The van der Waals surface area contributed by atoms with Gasteiger partial charge in [0.1, 0.15) is 0 Å². The van der Waals surface area contributed by atoms with Gasteiger partial charge in [0.25, 0.3) is 5.91 Å². The monoisotopic (exact) mass is 237 g/mol. The molecule has 1 amide bonds. The third kappa shape index (κ3) is 3.27. The van der Waals surface area contributed by atoms with Crippen molar-refractivity contribution in [3.8, 4) is 0 Å². The molecule has 0 saturated carbocycles. The molecule has 0 bridgehead atoms. The summed E-state index contributed by atoms with van der Waals surface area (Å²) in [6.45, 7) is 4.12. The number of nitrogens with two attached hydrogens (primary N) is 1. The lowest BCUT2D eigenvalue weighted by molar-refractivity contribution is 0.0950. The van der Waals surface area contributed by atoms with Gasteiger partial charge in [-0.2, -0.15) is 0 Å². The Balaban J connectivity index is 2.60. The highest BCUT2D eigenvalue weighted by atomic mass is 32.1. The van der Waals surface area contributed by atoms with Gasteiger partial charge in [0.05, 0.1) is 10.6 Å². The zero-order valence-electron chi connectivity index (χ0n) is 9.36. The van der Waals surface area contributed by atoms with Crippen molar-refractivity contribution in [2.24, 2.45) is 11.7 Å². The van der Waals surface area contributed by atoms with Crippen molar-refractivity contribution < 1.29 is 4.79 Å². The van der Waals surface area contributed by atoms with Crippen molar-refractivity contribution >= 4 is 23.1 Å². The predicted octanol–water partition coefficient (Wildman–Crippen LogP) is 1.04. The van der Waals surface area contributed by atoms with Crippen LogP contribution in [0.3, 0.4) is 0 Å². The molecule has 0 aliphatic carbocycles. The number of thiocarbonyl (C=S) groups is 1. The summed E-state index contributed by atoms with van der Waals surface area (Å²) in [6.07, 6.45) is 1.66. The minimum absolute atomic E-state index is 0.00377. The maximum Gasteiger partial charge on any atom is 0.253 e. The number of amides is 1. The van der Waals surface area contributed by atoms with E-state index in [1.54, 1.807) is 25.3 Å². The molecule has 5 heteroatoms. The summed E-state index contributed by atoms with van der Waals surface area (Å²) < 4.78 is 0. The van der Waals surface area contributed by atoms with Crippen LogP contribution < -0.4 is 11.1 Å². The first kappa shape index (κ1) is 12.6. The second-order valence-corrected chi connectivity index (χ2v) is 4.12. The van der Waals surface area contributed by atoms with Crippen LogP contribution in [0.5, 0.6) is 0 Å². The van der Waals surface area contributed by atoms with E-state index in [4.69, 9.17) is 18.0 Å². The molecule has 0 radical (unpaired) electrons. The molecular weight excluding hydrogens is 222 g/mol. The summed E-state index contributed by atoms with van der Waals surface area (Å²) in [5.74, 6) is -0.148. The largest absolute Gasteiger partial charge is 0.393 e. The molecule has 1 aromatic rings. The molecule has 3 N–H and O–H groups in total. The van der Waals surface area contributed by atoms with E-state index >= 15 is 0 Å². The molecule has 0 aliphatic rings. The lowest BCUT2D eigenvalue weighted by Gasteiger charge is -2.11. The second kappa shape index (κ2) is 5.55. The number of aryl methyl sites for hydroxylation is 1. The standard InChI is InChI=1S/C11H15N3OS/c1-7(10(12)16)6-14-11(15)9-4-3-5-13-8(9)2/h3-5,7H,6H2,1-2H3,(H2,12,16)(H,14,15). The van der Waals surface area contributed by atoms with Gasteiger partial charge in [0.15, 0.2) is 0 Å². The van der Waals surface area contributed by atoms with Crippen LogP contribution >= 0.6 is 12.2 Å². The highest BCUT2D eigenvalue weighted by Gasteiger charge is 2.11. The molecule has 1 atom stereocenters. The Hall–Kier alpha value is -1.49. The Bertz CT molecular complexity index is 406. The smallest absolute Gasteiger partial charge is 0.253 e. The molecule has 1 rings (SSSR count). The van der Waals surface area contributed by atoms with Gasteiger partial charge in [-0.1, -0.05) is 19.1 Å². The first-order chi connectivity index (χ1) is 7.52. The van der Waals surface area contributed by atoms with Gasteiger partial charge in [-0.25, -0.2) is 0 Å². The minimum atomic E-state index is -0.145. The molecule has 0 aliphatic heterocycles. The number of nitrogens with one attached hydrogen (secondary N) is 1. The zero-order chi connectivity index (χ0) is 12.1. The fourth-order valence-corrected chi connectivity index (χ4v) is 1.25. The van der Waals surface area contributed by atoms with Gasteiger partial charge < -0.3 is 11.1 Å². The maximum atomic E-state index is 11.8. The van der Waals surface area contributed by atoms with Gasteiger partial charge in [0, 0.05) is 24.4 Å². The van der Waals surface area contributed by atoms with Gasteiger partial charge in [-0.05, 0) is 19.1 Å². The predicted molar refractivity (Wildman–Crippen MR) is 67.3 cm³/mol. The van der Waals surface area contributed by atoms with E-state index in [2.05, 4.69) is 10.3 Å². The first-order valence-electron chi connectivity index (χ1n) is 5.01. The Labute approximate surface area is 100 Å². The van der Waals surface area contributed by atoms with Crippen molar-refractivity contribution in [3.05, 3.63) is 29.6 Å². The zero-order valence-corrected chi connectivity index (χ0v) is 10.2. The van der Waals surface area contributed by atoms with E-state index < -0.39 is 0 Å². The minimum Gasteiger partial charge on any atom is -0.393 e. The quantitative estimate of drug-likeness (QED) is 0.768. The van der Waals surface area contributed by atoms with Crippen LogP contribution in [0.4, 0.5) is 0 Å². The van der Waals surface area contributed by atoms with E-state index in [0.29, 0.717) is 22.8 Å². The number of hydrogen-bond acceptors (Lipinski definition) is 3. The normalized spacial score (nSPS) is 11.9. The molecule has 1 unspecified atom stereocenters. The van der Waals surface area contributed by atoms with Crippen LogP contribution in [0.1, 0.15) is 23.0 Å². The van der Waals surface area contributed by atoms with Crippen LogP contribution in [0.2, 0.25) is 0 Å². The SMILES string of the molecule is Cc1ncccc1C(=O)NCC(C)C(N)=S. The van der Waals surface area contributed by atoms with E-state index in [9.17, 15) is 4.79 Å². The maximum absolute atomic E-state index is 11.8. The van der Waals surface area contributed by atoms with Crippen LogP contribution in [-0.2, 0) is 0 Å². The van der Waals surface area contributed by atoms with Crippen molar-refractivity contribution in [1.29, 1.82) is 0 Å². The third-order valence-corrected chi connectivity index (χ3v) is 2.71. The topological polar surface area (TPSA) is 68.0 Å². The van der Waals surface area contributed by atoms with Gasteiger partial charge >= 0.3 is 0 Å². The van der Waals surface area contributed by atoms with Crippen LogP contribution in [-0.4, -0.2) is 22.4 Å². The highest BCUT2D eigenvalue weighted by Crippen LogP contribution is 2.03. The van der Waals surface area contributed by atoms with Crippen molar-refractivity contribution in [1.82, 2.24) is 10.3 Å². The molecular formula is C11H15N3OS. The molecule has 16 heavy (non-hydrogen) atoms. The fraction of sp³-hybridized carbons (Fsp3) is 0.364. The average Bonchev–Trinajstić information content (AvgIpc) is 2.25. The van der Waals surface area contributed by atoms with Gasteiger partial charge in [0.2, 0.25) is 0 Å². The van der Waals surface area contributed by atoms with Crippen molar-refractivity contribution in [2.45, 2.75) is 13.8 Å². The number of aromatic nitrogens is 1. The molecule has 4 nitrogen and oxygen atoms in total. The molecule has 1 aromatic heterocycles. The summed E-state index contributed by atoms with van der Waals surface area (Å²) in [5, 5.41) is 2.77. The molecule has 1 heterocycles. The van der Waals surface area contributed by atoms with E-state index in [0.717, 1.165) is 0 Å². The summed E-state index contributed by atoms with van der Waals surface area (Å²) in [5.41, 5.74) is 6.75. The fourth-order valence-electron chi connectivity index (χ4n) is 1.17. The summed E-state index contributed by atoms with van der Waals surface area (Å²) in [6, 6.07) is 3.47. The second-order valence-electron chi connectivity index (χ2n) is 3.65. The average molecular weight is 237 g/mol. The number of pyridine rings is 1. The third-order valence-electron chi connectivity index (χ3n) is 2.31. The molecule has 0 saturated heterocycles. The molecule has 0 fully saturated rings. The van der Waals surface area contributed by atoms with Gasteiger partial charge in [-0.3, -0.25) is 9.78 Å². The number of nitrogens with zero attached hydrogens (tertiary/aromatic N) is 1. The van der Waals surface area contributed by atoms with E-state index in [1.165, 1.54) is 0 Å². The lowest BCUT2D eigenvalue weighted by Crippen LogP contribution is -2.34. The Morgan fingerprint density at radius 2 is 2.38 bits per heavy atom. The lowest BCUT2D eigenvalue weighted by atomic mass is 10.1. The Kier molecular flexibility index (Phi) is 4.37. The van der Waals surface area contributed by atoms with Crippen LogP contribution in [0.25, 0.3) is 0 Å². The Morgan fingerprint density at radius 3 is 2.94 bits per heavy atom. The van der Waals surface area contributed by atoms with Crippen LogP contribution in [0.15, 0.2) is 18.3 Å². The number of carbonyl (C=O) groups is 1. The van der Waals surface area contributed by atoms with Crippen LogP contribution in [0, 0.1) is 12.8 Å². The molecule has 0 aromatic carbocycles. The van der Waals surface area contributed by atoms with Gasteiger partial charge in [-0.15, -0.1) is 0 Å². The van der Waals surface area contributed by atoms with E-state index in [1.807, 2.05) is 6.92 Å². The first-order valence-corrected chi connectivity index (χ1v) is 5.42. The number of hydrogen-bond donors (Lipinski definition) is 2. The molecule has 0 spiro atoms. The van der Waals surface area contributed by atoms with E-state index in [-0.39, 0.29) is 11.8 Å². The highest BCUT2D eigenvalue weighted by molar-refractivity contribution is 7.80.